The van der Waals surface area contributed by atoms with Gasteiger partial charge in [0.25, 0.3) is 5.91 Å². The number of Topliss-reactive ketones (excluding diaryl/α,β-unsaturated/α-hetero) is 1. The van der Waals surface area contributed by atoms with E-state index in [-0.39, 0.29) is 59.0 Å². The van der Waals surface area contributed by atoms with Crippen molar-refractivity contribution >= 4 is 88.1 Å². The standard InChI is InChI=1S/C69H65F4N7O15S2/c70-43-11-3-39(4-12-43)54(81)36-96-62-60(79(65(62)88)47-19-15-45(72)16-20-47)41-7-25-49(26-8-41)93-34-56(83)69(76,32-31-58(75)85)68(92)95-51-23-1-38(2-24-51)33-53(67(90)91)78-64(87)52(29-30-57(74)84)77-59(86)35-94-50-27-9-42(10-28-50)61-63(66(89)80(61)48-21-17-46(73)18-22-48)97-37-55(82)40-5-13-44(71)14-6-40/h1-28,52-55,60-63,81-82H,29-37,76H2,(H2,74,84)(H2,75,85)(H,77,86)(H,78,87)(H,90,91)/t52-,53+,54?,55?,60+,61+,62+,63+,69+/m0/s1. The second-order valence-electron chi connectivity index (χ2n) is 22.7. The van der Waals surface area contributed by atoms with Gasteiger partial charge in [-0.2, -0.15) is 0 Å². The lowest BCUT2D eigenvalue weighted by atomic mass is 9.89. The number of carbonyl (C=O) groups is 9. The number of halogens is 4. The number of amides is 6. The number of benzene rings is 7. The Balaban J connectivity index is 0.786. The van der Waals surface area contributed by atoms with E-state index in [4.69, 9.17) is 31.4 Å². The van der Waals surface area contributed by atoms with Crippen LogP contribution < -0.4 is 51.8 Å². The van der Waals surface area contributed by atoms with Gasteiger partial charge in [-0.3, -0.25) is 33.6 Å². The van der Waals surface area contributed by atoms with Crippen molar-refractivity contribution in [2.75, 3.05) is 34.5 Å². The van der Waals surface area contributed by atoms with Gasteiger partial charge in [0.05, 0.1) is 24.3 Å². The van der Waals surface area contributed by atoms with Crippen molar-refractivity contribution in [1.82, 2.24) is 10.6 Å². The number of hydrogen-bond donors (Lipinski definition) is 8. The van der Waals surface area contributed by atoms with Crippen molar-refractivity contribution in [3.05, 3.63) is 221 Å². The summed E-state index contributed by atoms with van der Waals surface area (Å²) in [5, 5.41) is 35.3. The number of carboxylic acid groups (broad SMARTS) is 1. The van der Waals surface area contributed by atoms with E-state index in [9.17, 15) is 76.0 Å². The van der Waals surface area contributed by atoms with Gasteiger partial charge in [0, 0.05) is 42.1 Å². The number of ketones is 1. The molecule has 2 unspecified atom stereocenters. The molecule has 0 aromatic heterocycles. The predicted octanol–water partition coefficient (Wildman–Crippen LogP) is 6.55. The molecule has 506 valence electrons. The number of aliphatic hydroxyl groups is 2. The maximum absolute atomic E-state index is 13.9. The molecule has 2 aliphatic rings. The normalized spacial score (nSPS) is 17.6. The van der Waals surface area contributed by atoms with Crippen LogP contribution in [0.15, 0.2) is 170 Å². The maximum Gasteiger partial charge on any atom is 0.339 e. The van der Waals surface area contributed by atoms with Gasteiger partial charge in [-0.25, -0.2) is 27.2 Å². The van der Waals surface area contributed by atoms with Crippen molar-refractivity contribution in [2.45, 2.75) is 84.5 Å². The molecule has 9 atom stereocenters. The number of aliphatic hydroxyl groups excluding tert-OH is 2. The molecular formula is C69H65F4N7O15S2. The number of thioether (sulfide) groups is 2. The average Bonchev–Trinajstić information content (AvgIpc) is 0.748. The van der Waals surface area contributed by atoms with E-state index in [1.807, 2.05) is 0 Å². The summed E-state index contributed by atoms with van der Waals surface area (Å²) in [7, 11) is 0. The fourth-order valence-corrected chi connectivity index (χ4v) is 13.2. The van der Waals surface area contributed by atoms with Gasteiger partial charge in [0.15, 0.2) is 12.1 Å². The van der Waals surface area contributed by atoms with Crippen molar-refractivity contribution in [3.8, 4) is 17.2 Å². The molecule has 11 N–H and O–H groups in total. The Kier molecular flexibility index (Phi) is 23.5. The molecule has 0 spiro atoms. The quantitative estimate of drug-likeness (QED) is 0.00711. The van der Waals surface area contributed by atoms with Gasteiger partial charge >= 0.3 is 11.9 Å². The zero-order valence-corrected chi connectivity index (χ0v) is 53.0. The van der Waals surface area contributed by atoms with E-state index in [1.54, 1.807) is 24.3 Å². The molecule has 22 nitrogen and oxygen atoms in total. The molecule has 7 aromatic rings. The number of nitrogens with two attached hydrogens (primary N) is 3. The molecule has 0 aliphatic carbocycles. The fourth-order valence-electron chi connectivity index (χ4n) is 10.6. The van der Waals surface area contributed by atoms with Crippen molar-refractivity contribution in [2.24, 2.45) is 17.2 Å². The zero-order valence-electron chi connectivity index (χ0n) is 51.3. The number of aliphatic carboxylic acids is 1. The van der Waals surface area contributed by atoms with Gasteiger partial charge in [-0.05, 0) is 150 Å². The number of primary amides is 2. The summed E-state index contributed by atoms with van der Waals surface area (Å²) in [5.41, 5.74) is 17.9. The third kappa shape index (κ3) is 18.1. The Morgan fingerprint density at radius 3 is 1.37 bits per heavy atom. The van der Waals surface area contributed by atoms with Gasteiger partial charge in [0.2, 0.25) is 35.3 Å². The third-order valence-corrected chi connectivity index (χ3v) is 18.7. The minimum absolute atomic E-state index is 0.0761. The predicted molar refractivity (Wildman–Crippen MR) is 348 cm³/mol. The summed E-state index contributed by atoms with van der Waals surface area (Å²) < 4.78 is 71.9. The lowest BCUT2D eigenvalue weighted by Crippen LogP contribution is -2.58. The highest BCUT2D eigenvalue weighted by Crippen LogP contribution is 2.48. The number of nitrogens with one attached hydrogen (secondary N) is 2. The fraction of sp³-hybridized carbons (Fsp3) is 0.261. The first-order chi connectivity index (χ1) is 46.3. The van der Waals surface area contributed by atoms with Crippen LogP contribution in [0.4, 0.5) is 28.9 Å². The minimum atomic E-state index is -2.50. The molecular weight excluding hydrogens is 1310 g/mol. The number of anilines is 2. The highest BCUT2D eigenvalue weighted by atomic mass is 32.2. The van der Waals surface area contributed by atoms with Gasteiger partial charge < -0.3 is 67.2 Å². The number of ether oxygens (including phenoxy) is 3. The van der Waals surface area contributed by atoms with Crippen LogP contribution in [0.25, 0.3) is 0 Å². The average molecular weight is 1370 g/mol. The number of esters is 1. The molecule has 7 aromatic carbocycles. The van der Waals surface area contributed by atoms with E-state index >= 15 is 0 Å². The van der Waals surface area contributed by atoms with E-state index in [1.165, 1.54) is 179 Å². The van der Waals surface area contributed by atoms with Crippen LogP contribution in [0.1, 0.15) is 77.8 Å². The molecule has 0 bridgehead atoms. The van der Waals surface area contributed by atoms with Crippen LogP contribution in [0.2, 0.25) is 0 Å². The summed E-state index contributed by atoms with van der Waals surface area (Å²) in [5.74, 6) is -9.71. The Morgan fingerprint density at radius 1 is 0.536 bits per heavy atom. The Hall–Kier alpha value is -10.1. The number of nitrogens with zero attached hydrogens (tertiary/aromatic N) is 2. The molecule has 0 radical (unpaired) electrons. The molecule has 2 fully saturated rings. The maximum atomic E-state index is 13.9. The van der Waals surface area contributed by atoms with E-state index in [0.717, 1.165) is 0 Å². The molecule has 2 heterocycles. The number of carboxylic acids is 1. The first-order valence-corrected chi connectivity index (χ1v) is 32.2. The van der Waals surface area contributed by atoms with E-state index in [2.05, 4.69) is 10.6 Å². The molecule has 97 heavy (non-hydrogen) atoms. The first-order valence-electron chi connectivity index (χ1n) is 30.1. The highest BCUT2D eigenvalue weighted by molar-refractivity contribution is 8.01. The second-order valence-corrected chi connectivity index (χ2v) is 25.1. The van der Waals surface area contributed by atoms with Gasteiger partial charge in [-0.15, -0.1) is 23.5 Å². The summed E-state index contributed by atoms with van der Waals surface area (Å²) in [6.07, 6.45) is -4.30. The number of β-lactam (4-membered cyclic amide) rings is 2. The third-order valence-electron chi connectivity index (χ3n) is 16.0. The molecule has 2 aliphatic heterocycles. The molecule has 28 heteroatoms. The number of hydrogen-bond acceptors (Lipinski definition) is 17. The van der Waals surface area contributed by atoms with Crippen molar-refractivity contribution < 1.29 is 90.2 Å². The smallest absolute Gasteiger partial charge is 0.339 e. The summed E-state index contributed by atoms with van der Waals surface area (Å²) in [4.78, 5) is 121. The SMILES string of the molecule is NC(=O)CC[C@H](NC(=O)COc1ccc([C@@H]2[C@@H](SCC(O)c3ccc(F)cc3)C(=O)N2c2ccc(F)cc2)cc1)C(=O)N[C@H](Cc1ccc(OC(=O)[C@@](N)(CCC(N)=O)C(=O)COc2ccc([C@@H]3[C@@H](SCC(O)c4ccc(F)cc4)C(=O)N3c3ccc(F)cc3)cc2)cc1)C(=O)O. The van der Waals surface area contributed by atoms with E-state index < -0.39 is 150 Å². The number of rotatable bonds is 33. The summed E-state index contributed by atoms with van der Waals surface area (Å²) in [6.45, 7) is -1.47. The summed E-state index contributed by atoms with van der Waals surface area (Å²) >= 11 is 2.36. The number of carbonyl (C=O) groups excluding carboxylic acids is 8. The molecule has 6 amide bonds. The van der Waals surface area contributed by atoms with E-state index in [0.29, 0.717) is 33.6 Å². The minimum Gasteiger partial charge on any atom is -0.486 e. The lowest BCUT2D eigenvalue weighted by molar-refractivity contribution is -0.147. The Labute approximate surface area is 560 Å². The summed E-state index contributed by atoms with van der Waals surface area (Å²) in [6, 6.07) is 34.7. The highest BCUT2D eigenvalue weighted by Gasteiger charge is 2.51. The van der Waals surface area contributed by atoms with Gasteiger partial charge in [0.1, 0.15) is 69.7 Å². The van der Waals surface area contributed by atoms with Crippen LogP contribution in [0, 0.1) is 23.3 Å². The van der Waals surface area contributed by atoms with Gasteiger partial charge in [-0.1, -0.05) is 60.7 Å². The van der Waals surface area contributed by atoms with Crippen LogP contribution in [0.3, 0.4) is 0 Å². The topological polar surface area (TPSA) is 351 Å². The van der Waals surface area contributed by atoms with Crippen LogP contribution >= 0.6 is 23.5 Å². The van der Waals surface area contributed by atoms with Crippen LogP contribution in [0.5, 0.6) is 17.2 Å². The lowest BCUT2D eigenvalue weighted by Gasteiger charge is -2.47. The van der Waals surface area contributed by atoms with Crippen LogP contribution in [-0.4, -0.2) is 121 Å². The molecule has 2 saturated heterocycles. The molecule has 9 rings (SSSR count). The second kappa shape index (κ2) is 32.1. The largest absolute Gasteiger partial charge is 0.486 e. The van der Waals surface area contributed by atoms with Crippen LogP contribution in [-0.2, 0) is 49.6 Å². The van der Waals surface area contributed by atoms with Crippen molar-refractivity contribution in [1.29, 1.82) is 0 Å². The monoisotopic (exact) mass is 1370 g/mol. The Bertz CT molecular complexity index is 4000. The molecule has 0 saturated carbocycles. The Morgan fingerprint density at radius 2 is 0.948 bits per heavy atom. The zero-order chi connectivity index (χ0) is 69.7. The first kappa shape index (κ1) is 71.2. The van der Waals surface area contributed by atoms with Crippen molar-refractivity contribution in [3.63, 3.8) is 0 Å².